The zero-order valence-electron chi connectivity index (χ0n) is 9.79. The summed E-state index contributed by atoms with van der Waals surface area (Å²) in [6.45, 7) is 8.73. The molecule has 0 fully saturated rings. The van der Waals surface area contributed by atoms with Gasteiger partial charge in [0.15, 0.2) is 0 Å². The highest BCUT2D eigenvalue weighted by Crippen LogP contribution is 2.16. The van der Waals surface area contributed by atoms with Crippen LogP contribution in [0.4, 0.5) is 0 Å². The molecule has 0 radical (unpaired) electrons. The average Bonchev–Trinajstić information content (AvgIpc) is 2.17. The van der Waals surface area contributed by atoms with Crippen LogP contribution in [0.1, 0.15) is 48.3 Å². The van der Waals surface area contributed by atoms with Crippen LogP contribution in [0, 0.1) is 6.92 Å². The molecule has 15 heavy (non-hydrogen) atoms. The lowest BCUT2D eigenvalue weighted by Gasteiger charge is -2.09. The standard InChI is InChI=1S/C12H18N2O/c1-5-13-12(15)10-6-9(4)11(8(2)3)14-7-10/h6-8H,5H2,1-4H3,(H,13,15). The van der Waals surface area contributed by atoms with Crippen LogP contribution < -0.4 is 5.32 Å². The SMILES string of the molecule is CCNC(=O)c1cnc(C(C)C)c(C)c1. The minimum atomic E-state index is -0.0524. The zero-order chi connectivity index (χ0) is 11.4. The quantitative estimate of drug-likeness (QED) is 0.824. The maximum absolute atomic E-state index is 11.5. The van der Waals surface area contributed by atoms with Crippen LogP contribution in [-0.2, 0) is 0 Å². The largest absolute Gasteiger partial charge is 0.352 e. The number of rotatable bonds is 3. The first kappa shape index (κ1) is 11.7. The van der Waals surface area contributed by atoms with E-state index >= 15 is 0 Å². The fourth-order valence-electron chi connectivity index (χ4n) is 1.58. The van der Waals surface area contributed by atoms with Gasteiger partial charge in [-0.05, 0) is 31.4 Å². The van der Waals surface area contributed by atoms with E-state index in [0.29, 0.717) is 18.0 Å². The molecular formula is C12H18N2O. The summed E-state index contributed by atoms with van der Waals surface area (Å²) < 4.78 is 0. The average molecular weight is 206 g/mol. The van der Waals surface area contributed by atoms with Crippen molar-refractivity contribution < 1.29 is 4.79 Å². The summed E-state index contributed by atoms with van der Waals surface area (Å²) in [5.74, 6) is 0.344. The summed E-state index contributed by atoms with van der Waals surface area (Å²) in [5.41, 5.74) is 2.77. The maximum atomic E-state index is 11.5. The van der Waals surface area contributed by atoms with Crippen LogP contribution in [-0.4, -0.2) is 17.4 Å². The molecule has 3 heteroatoms. The predicted molar refractivity (Wildman–Crippen MR) is 61.1 cm³/mol. The minimum Gasteiger partial charge on any atom is -0.352 e. The van der Waals surface area contributed by atoms with Crippen LogP contribution in [0.25, 0.3) is 0 Å². The Morgan fingerprint density at radius 1 is 1.53 bits per heavy atom. The minimum absolute atomic E-state index is 0.0524. The van der Waals surface area contributed by atoms with Crippen molar-refractivity contribution in [2.24, 2.45) is 0 Å². The molecule has 82 valence electrons. The smallest absolute Gasteiger partial charge is 0.252 e. The highest BCUT2D eigenvalue weighted by molar-refractivity contribution is 5.94. The molecule has 0 unspecified atom stereocenters. The van der Waals surface area contributed by atoms with Gasteiger partial charge in [-0.3, -0.25) is 9.78 Å². The molecule has 0 bridgehead atoms. The fraction of sp³-hybridized carbons (Fsp3) is 0.500. The van der Waals surface area contributed by atoms with Gasteiger partial charge in [-0.1, -0.05) is 13.8 Å². The van der Waals surface area contributed by atoms with Gasteiger partial charge >= 0.3 is 0 Å². The van der Waals surface area contributed by atoms with E-state index in [-0.39, 0.29) is 5.91 Å². The molecule has 1 heterocycles. The van der Waals surface area contributed by atoms with Gasteiger partial charge in [0.1, 0.15) is 0 Å². The molecule has 1 rings (SSSR count). The van der Waals surface area contributed by atoms with Crippen molar-refractivity contribution in [1.29, 1.82) is 0 Å². The summed E-state index contributed by atoms with van der Waals surface area (Å²) in [6.07, 6.45) is 1.65. The van der Waals surface area contributed by atoms with Crippen molar-refractivity contribution in [1.82, 2.24) is 10.3 Å². The van der Waals surface area contributed by atoms with Crippen LogP contribution in [0.15, 0.2) is 12.3 Å². The third-order valence-corrected chi connectivity index (χ3v) is 2.27. The molecule has 1 aromatic heterocycles. The number of nitrogens with zero attached hydrogens (tertiary/aromatic N) is 1. The number of carbonyl (C=O) groups is 1. The Balaban J connectivity index is 2.96. The van der Waals surface area contributed by atoms with Crippen LogP contribution >= 0.6 is 0 Å². The van der Waals surface area contributed by atoms with E-state index in [2.05, 4.69) is 24.1 Å². The van der Waals surface area contributed by atoms with Gasteiger partial charge in [0.25, 0.3) is 5.91 Å². The maximum Gasteiger partial charge on any atom is 0.252 e. The molecule has 0 atom stereocenters. The molecule has 0 spiro atoms. The Kier molecular flexibility index (Phi) is 3.83. The van der Waals surface area contributed by atoms with E-state index in [9.17, 15) is 4.79 Å². The van der Waals surface area contributed by atoms with Gasteiger partial charge < -0.3 is 5.32 Å². The van der Waals surface area contributed by atoms with Gasteiger partial charge in [0.2, 0.25) is 0 Å². The summed E-state index contributed by atoms with van der Waals surface area (Å²) in [6, 6.07) is 1.90. The Hall–Kier alpha value is -1.38. The van der Waals surface area contributed by atoms with Gasteiger partial charge in [-0.25, -0.2) is 0 Å². The molecule has 1 N–H and O–H groups in total. The number of carbonyl (C=O) groups excluding carboxylic acids is 1. The van der Waals surface area contributed by atoms with Gasteiger partial charge in [-0.2, -0.15) is 0 Å². The van der Waals surface area contributed by atoms with Gasteiger partial charge in [0, 0.05) is 18.4 Å². The first-order chi connectivity index (χ1) is 7.06. The molecule has 1 aromatic rings. The van der Waals surface area contributed by atoms with E-state index in [1.54, 1.807) is 6.20 Å². The number of nitrogens with one attached hydrogen (secondary N) is 1. The second-order valence-corrected chi connectivity index (χ2v) is 3.94. The third kappa shape index (κ3) is 2.78. The number of aromatic nitrogens is 1. The lowest BCUT2D eigenvalue weighted by Crippen LogP contribution is -2.23. The summed E-state index contributed by atoms with van der Waals surface area (Å²) >= 11 is 0. The molecule has 0 saturated heterocycles. The molecule has 3 nitrogen and oxygen atoms in total. The van der Waals surface area contributed by atoms with Gasteiger partial charge in [0.05, 0.1) is 5.56 Å². The Labute approximate surface area is 90.9 Å². The first-order valence-electron chi connectivity index (χ1n) is 5.31. The number of pyridine rings is 1. The number of hydrogen-bond acceptors (Lipinski definition) is 2. The van der Waals surface area contributed by atoms with E-state index in [4.69, 9.17) is 0 Å². The fourth-order valence-corrected chi connectivity index (χ4v) is 1.58. The van der Waals surface area contributed by atoms with Crippen molar-refractivity contribution in [3.63, 3.8) is 0 Å². The molecule has 1 amide bonds. The molecule has 0 aliphatic carbocycles. The van der Waals surface area contributed by atoms with Crippen molar-refractivity contribution in [2.45, 2.75) is 33.6 Å². The van der Waals surface area contributed by atoms with E-state index < -0.39 is 0 Å². The second-order valence-electron chi connectivity index (χ2n) is 3.94. The van der Waals surface area contributed by atoms with Crippen LogP contribution in [0.5, 0.6) is 0 Å². The molecule has 0 aromatic carbocycles. The lowest BCUT2D eigenvalue weighted by atomic mass is 10.0. The Morgan fingerprint density at radius 2 is 2.20 bits per heavy atom. The highest BCUT2D eigenvalue weighted by atomic mass is 16.1. The number of aryl methyl sites for hydroxylation is 1. The predicted octanol–water partition coefficient (Wildman–Crippen LogP) is 2.26. The molecular weight excluding hydrogens is 188 g/mol. The van der Waals surface area contributed by atoms with Crippen molar-refractivity contribution in [3.05, 3.63) is 29.1 Å². The zero-order valence-corrected chi connectivity index (χ0v) is 9.79. The van der Waals surface area contributed by atoms with Crippen molar-refractivity contribution in [3.8, 4) is 0 Å². The van der Waals surface area contributed by atoms with Crippen molar-refractivity contribution >= 4 is 5.91 Å². The topological polar surface area (TPSA) is 42.0 Å². The van der Waals surface area contributed by atoms with Gasteiger partial charge in [-0.15, -0.1) is 0 Å². The van der Waals surface area contributed by atoms with Crippen molar-refractivity contribution in [2.75, 3.05) is 6.54 Å². The van der Waals surface area contributed by atoms with E-state index in [1.165, 1.54) is 0 Å². The van der Waals surface area contributed by atoms with E-state index in [0.717, 1.165) is 11.3 Å². The number of hydrogen-bond donors (Lipinski definition) is 1. The third-order valence-electron chi connectivity index (χ3n) is 2.27. The Bertz CT molecular complexity index is 359. The molecule has 0 aliphatic heterocycles. The normalized spacial score (nSPS) is 10.5. The molecule has 0 aliphatic rings. The molecule has 0 saturated carbocycles. The summed E-state index contributed by atoms with van der Waals surface area (Å²) in [5, 5.41) is 2.76. The van der Waals surface area contributed by atoms with Crippen LogP contribution in [0.3, 0.4) is 0 Å². The Morgan fingerprint density at radius 3 is 2.67 bits per heavy atom. The second kappa shape index (κ2) is 4.91. The highest BCUT2D eigenvalue weighted by Gasteiger charge is 2.09. The first-order valence-corrected chi connectivity index (χ1v) is 5.31. The number of amides is 1. The van der Waals surface area contributed by atoms with Crippen LogP contribution in [0.2, 0.25) is 0 Å². The monoisotopic (exact) mass is 206 g/mol. The summed E-state index contributed by atoms with van der Waals surface area (Å²) in [7, 11) is 0. The van der Waals surface area contributed by atoms with E-state index in [1.807, 2.05) is 19.9 Å². The summed E-state index contributed by atoms with van der Waals surface area (Å²) in [4.78, 5) is 15.8. The lowest BCUT2D eigenvalue weighted by molar-refractivity contribution is 0.0955.